The van der Waals surface area contributed by atoms with Crippen molar-refractivity contribution in [2.75, 3.05) is 7.05 Å². The van der Waals surface area contributed by atoms with Gasteiger partial charge in [-0.15, -0.1) is 0 Å². The van der Waals surface area contributed by atoms with Crippen molar-refractivity contribution in [2.45, 2.75) is 47.1 Å². The maximum absolute atomic E-state index is 12.3. The second kappa shape index (κ2) is 5.38. The highest BCUT2D eigenvalue weighted by atomic mass is 16.2. The molecule has 0 fully saturated rings. The Hall–Kier alpha value is -1.58. The summed E-state index contributed by atoms with van der Waals surface area (Å²) in [5.41, 5.74) is 2.83. The molecule has 1 amide bonds. The van der Waals surface area contributed by atoms with Crippen LogP contribution in [0.5, 0.6) is 0 Å². The van der Waals surface area contributed by atoms with Gasteiger partial charge < -0.3 is 9.88 Å². The molecule has 1 aromatic heterocycles. The predicted molar refractivity (Wildman–Crippen MR) is 72.1 cm³/mol. The van der Waals surface area contributed by atoms with Gasteiger partial charge in [-0.3, -0.25) is 9.59 Å². The summed E-state index contributed by atoms with van der Waals surface area (Å²) in [6.07, 6.45) is 0.673. The molecule has 0 bridgehead atoms. The summed E-state index contributed by atoms with van der Waals surface area (Å²) < 4.78 is 0. The Balaban J connectivity index is 3.30. The van der Waals surface area contributed by atoms with Gasteiger partial charge in [0, 0.05) is 24.3 Å². The lowest BCUT2D eigenvalue weighted by Gasteiger charge is -2.21. The number of carbonyl (C=O) groups excluding carboxylic acids is 2. The lowest BCUT2D eigenvalue weighted by Crippen LogP contribution is -2.33. The third-order valence-electron chi connectivity index (χ3n) is 3.31. The number of H-pyrrole nitrogens is 1. The number of Topliss-reactive ketones (excluding diaryl/α,β-unsaturated/α-hetero) is 1. The number of aromatic nitrogens is 1. The fourth-order valence-electron chi connectivity index (χ4n) is 2.10. The van der Waals surface area contributed by atoms with Crippen molar-refractivity contribution < 1.29 is 9.59 Å². The first-order valence-electron chi connectivity index (χ1n) is 6.30. The largest absolute Gasteiger partial charge is 0.354 e. The molecule has 1 aromatic rings. The summed E-state index contributed by atoms with van der Waals surface area (Å²) >= 11 is 0. The number of aromatic amines is 1. The molecule has 0 unspecified atom stereocenters. The van der Waals surface area contributed by atoms with Crippen LogP contribution in [0.15, 0.2) is 0 Å². The van der Waals surface area contributed by atoms with Gasteiger partial charge in [0.05, 0.1) is 0 Å². The highest BCUT2D eigenvalue weighted by molar-refractivity contribution is 6.02. The summed E-state index contributed by atoms with van der Waals surface area (Å²) in [6.45, 7) is 9.26. The minimum atomic E-state index is -0.0579. The molecule has 1 heterocycles. The number of rotatable bonds is 4. The summed E-state index contributed by atoms with van der Waals surface area (Å²) in [7, 11) is 1.77. The maximum atomic E-state index is 12.3. The second-order valence-corrected chi connectivity index (χ2v) is 4.90. The van der Waals surface area contributed by atoms with E-state index >= 15 is 0 Å². The van der Waals surface area contributed by atoms with Gasteiger partial charge in [0.2, 0.25) is 0 Å². The van der Waals surface area contributed by atoms with E-state index in [1.165, 1.54) is 6.92 Å². The molecule has 0 saturated heterocycles. The van der Waals surface area contributed by atoms with Crippen molar-refractivity contribution in [2.24, 2.45) is 0 Å². The van der Waals surface area contributed by atoms with Gasteiger partial charge in [-0.2, -0.15) is 0 Å². The SMILES string of the molecule is CCc1c(C(=O)N(C)C(C)C)[nH]c(C)c1C(C)=O. The van der Waals surface area contributed by atoms with Crippen LogP contribution in [0.2, 0.25) is 0 Å². The van der Waals surface area contributed by atoms with Crippen LogP contribution < -0.4 is 0 Å². The number of nitrogens with one attached hydrogen (secondary N) is 1. The summed E-state index contributed by atoms with van der Waals surface area (Å²) in [6, 6.07) is 0.131. The molecule has 0 aliphatic rings. The topological polar surface area (TPSA) is 53.2 Å². The summed E-state index contributed by atoms with van der Waals surface area (Å²) in [5.74, 6) is -0.0516. The highest BCUT2D eigenvalue weighted by Gasteiger charge is 2.24. The number of aryl methyl sites for hydroxylation is 1. The molecule has 0 atom stereocenters. The van der Waals surface area contributed by atoms with Crippen molar-refractivity contribution in [3.8, 4) is 0 Å². The van der Waals surface area contributed by atoms with Crippen molar-refractivity contribution in [3.05, 3.63) is 22.5 Å². The molecule has 4 nitrogen and oxygen atoms in total. The number of hydrogen-bond acceptors (Lipinski definition) is 2. The molecule has 100 valence electrons. The van der Waals surface area contributed by atoms with Gasteiger partial charge in [-0.25, -0.2) is 0 Å². The maximum Gasteiger partial charge on any atom is 0.270 e. The minimum Gasteiger partial charge on any atom is -0.354 e. The predicted octanol–water partition coefficient (Wildman–Crippen LogP) is 2.57. The Morgan fingerprint density at radius 3 is 2.28 bits per heavy atom. The number of amides is 1. The zero-order chi connectivity index (χ0) is 14.0. The Labute approximate surface area is 108 Å². The Kier molecular flexibility index (Phi) is 4.33. The first-order chi connectivity index (χ1) is 8.31. The highest BCUT2D eigenvalue weighted by Crippen LogP contribution is 2.21. The summed E-state index contributed by atoms with van der Waals surface area (Å²) in [4.78, 5) is 28.7. The lowest BCUT2D eigenvalue weighted by atomic mass is 10.0. The second-order valence-electron chi connectivity index (χ2n) is 4.90. The quantitative estimate of drug-likeness (QED) is 0.835. The zero-order valence-electron chi connectivity index (χ0n) is 12.0. The van der Waals surface area contributed by atoms with E-state index in [1.807, 2.05) is 27.7 Å². The number of ketones is 1. The van der Waals surface area contributed by atoms with Crippen LogP contribution in [0.4, 0.5) is 0 Å². The van der Waals surface area contributed by atoms with E-state index in [0.29, 0.717) is 17.7 Å². The van der Waals surface area contributed by atoms with Crippen LogP contribution in [-0.4, -0.2) is 34.7 Å². The van der Waals surface area contributed by atoms with Gasteiger partial charge in [0.25, 0.3) is 5.91 Å². The van der Waals surface area contributed by atoms with E-state index in [4.69, 9.17) is 0 Å². The van der Waals surface area contributed by atoms with Gasteiger partial charge in [-0.1, -0.05) is 6.92 Å². The molecular formula is C14H22N2O2. The van der Waals surface area contributed by atoms with Crippen LogP contribution in [0, 0.1) is 6.92 Å². The monoisotopic (exact) mass is 250 g/mol. The van der Waals surface area contributed by atoms with Crippen LogP contribution in [0.3, 0.4) is 0 Å². The third-order valence-corrected chi connectivity index (χ3v) is 3.31. The third kappa shape index (κ3) is 2.47. The Bertz CT molecular complexity index is 472. The van der Waals surface area contributed by atoms with Crippen LogP contribution in [0.1, 0.15) is 59.8 Å². The summed E-state index contributed by atoms with van der Waals surface area (Å²) in [5, 5.41) is 0. The van der Waals surface area contributed by atoms with Crippen LogP contribution in [0.25, 0.3) is 0 Å². The molecule has 18 heavy (non-hydrogen) atoms. The van der Waals surface area contributed by atoms with E-state index in [0.717, 1.165) is 11.3 Å². The van der Waals surface area contributed by atoms with Gasteiger partial charge in [0.1, 0.15) is 5.69 Å². The molecule has 1 rings (SSSR count). The van der Waals surface area contributed by atoms with Gasteiger partial charge in [0.15, 0.2) is 5.78 Å². The zero-order valence-corrected chi connectivity index (χ0v) is 12.0. The molecule has 0 aliphatic carbocycles. The molecule has 4 heteroatoms. The van der Waals surface area contributed by atoms with Crippen LogP contribution >= 0.6 is 0 Å². The number of hydrogen-bond donors (Lipinski definition) is 1. The normalized spacial score (nSPS) is 10.8. The molecule has 1 N–H and O–H groups in total. The number of nitrogens with zero attached hydrogens (tertiary/aromatic N) is 1. The van der Waals surface area contributed by atoms with Crippen LogP contribution in [-0.2, 0) is 6.42 Å². The molecule has 0 aliphatic heterocycles. The first kappa shape index (κ1) is 14.5. The van der Waals surface area contributed by atoms with Crippen molar-refractivity contribution in [1.29, 1.82) is 0 Å². The van der Waals surface area contributed by atoms with E-state index in [1.54, 1.807) is 11.9 Å². The molecular weight excluding hydrogens is 228 g/mol. The average Bonchev–Trinajstić information content (AvgIpc) is 2.63. The van der Waals surface area contributed by atoms with Crippen molar-refractivity contribution >= 4 is 11.7 Å². The van der Waals surface area contributed by atoms with Crippen molar-refractivity contribution in [3.63, 3.8) is 0 Å². The lowest BCUT2D eigenvalue weighted by molar-refractivity contribution is 0.0748. The van der Waals surface area contributed by atoms with E-state index in [9.17, 15) is 9.59 Å². The fraction of sp³-hybridized carbons (Fsp3) is 0.571. The first-order valence-corrected chi connectivity index (χ1v) is 6.30. The Morgan fingerprint density at radius 2 is 1.89 bits per heavy atom. The average molecular weight is 250 g/mol. The van der Waals surface area contributed by atoms with E-state index in [-0.39, 0.29) is 17.7 Å². The molecule has 0 radical (unpaired) electrons. The smallest absolute Gasteiger partial charge is 0.270 e. The van der Waals surface area contributed by atoms with Gasteiger partial charge >= 0.3 is 0 Å². The molecule has 0 aromatic carbocycles. The molecule has 0 saturated carbocycles. The minimum absolute atomic E-state index is 0.00634. The Morgan fingerprint density at radius 1 is 1.33 bits per heavy atom. The molecule has 0 spiro atoms. The standard InChI is InChI=1S/C14H22N2O2/c1-7-11-12(10(5)17)9(4)15-13(11)14(18)16(6)8(2)3/h8,15H,7H2,1-6H3. The van der Waals surface area contributed by atoms with E-state index < -0.39 is 0 Å². The fourth-order valence-corrected chi connectivity index (χ4v) is 2.10. The number of carbonyl (C=O) groups is 2. The van der Waals surface area contributed by atoms with Crippen molar-refractivity contribution in [1.82, 2.24) is 9.88 Å². The van der Waals surface area contributed by atoms with Gasteiger partial charge in [-0.05, 0) is 39.7 Å². The van der Waals surface area contributed by atoms with E-state index in [2.05, 4.69) is 4.98 Å².